The minimum atomic E-state index is -0.435. The number of ether oxygens (including phenoxy) is 2. The fourth-order valence-electron chi connectivity index (χ4n) is 2.27. The summed E-state index contributed by atoms with van der Waals surface area (Å²) in [5.74, 6) is 1.02. The Labute approximate surface area is 182 Å². The lowest BCUT2D eigenvalue weighted by Crippen LogP contribution is -2.49. The molecule has 2 aromatic carbocycles. The molecular weight excluding hydrogens is 402 g/mol. The Balaban J connectivity index is 1.70. The van der Waals surface area contributed by atoms with Gasteiger partial charge >= 0.3 is 0 Å². The van der Waals surface area contributed by atoms with Gasteiger partial charge in [0.1, 0.15) is 11.5 Å². The van der Waals surface area contributed by atoms with Gasteiger partial charge in [0.25, 0.3) is 11.8 Å². The van der Waals surface area contributed by atoms with E-state index in [0.717, 1.165) is 12.0 Å². The number of thiocarbonyl (C=S) groups is 1. The van der Waals surface area contributed by atoms with E-state index >= 15 is 0 Å². The standard InChI is InChI=1S/C22H27N3O4S/c1-15(2)12-13-28-18-10-6-17(7-11-18)21(27)23-22(30)25-24-20(26)14-29-19-8-4-16(3)5-9-19/h4-11,15H,12-14H2,1-3H3,(H,24,26)(H2,23,25,27,30). The number of amides is 2. The van der Waals surface area contributed by atoms with Crippen LogP contribution in [0.1, 0.15) is 36.2 Å². The van der Waals surface area contributed by atoms with E-state index in [-0.39, 0.29) is 11.7 Å². The highest BCUT2D eigenvalue weighted by molar-refractivity contribution is 7.80. The van der Waals surface area contributed by atoms with Crippen LogP contribution in [0, 0.1) is 12.8 Å². The molecule has 0 aliphatic carbocycles. The van der Waals surface area contributed by atoms with Crippen LogP contribution in [0.3, 0.4) is 0 Å². The molecule has 2 rings (SSSR count). The number of carbonyl (C=O) groups excluding carboxylic acids is 2. The Bertz CT molecular complexity index is 852. The molecule has 160 valence electrons. The molecule has 2 aromatic rings. The van der Waals surface area contributed by atoms with Crippen LogP contribution in [-0.2, 0) is 4.79 Å². The molecule has 8 heteroatoms. The number of benzene rings is 2. The van der Waals surface area contributed by atoms with Crippen LogP contribution in [0.5, 0.6) is 11.5 Å². The van der Waals surface area contributed by atoms with Crippen LogP contribution >= 0.6 is 12.2 Å². The van der Waals surface area contributed by atoms with Crippen molar-refractivity contribution in [2.75, 3.05) is 13.2 Å². The van der Waals surface area contributed by atoms with Crippen LogP contribution in [0.15, 0.2) is 48.5 Å². The molecule has 3 N–H and O–H groups in total. The van der Waals surface area contributed by atoms with Gasteiger partial charge in [-0.1, -0.05) is 31.5 Å². The topological polar surface area (TPSA) is 88.7 Å². The monoisotopic (exact) mass is 429 g/mol. The van der Waals surface area contributed by atoms with Crippen molar-refractivity contribution < 1.29 is 19.1 Å². The molecule has 30 heavy (non-hydrogen) atoms. The zero-order valence-electron chi connectivity index (χ0n) is 17.4. The molecule has 0 saturated heterocycles. The molecule has 0 spiro atoms. The Kier molecular flexibility index (Phi) is 9.08. The molecule has 0 fully saturated rings. The zero-order valence-corrected chi connectivity index (χ0v) is 18.2. The smallest absolute Gasteiger partial charge is 0.276 e. The van der Waals surface area contributed by atoms with Crippen molar-refractivity contribution >= 4 is 29.1 Å². The van der Waals surface area contributed by atoms with Crippen molar-refractivity contribution in [2.24, 2.45) is 5.92 Å². The van der Waals surface area contributed by atoms with Gasteiger partial charge in [-0.25, -0.2) is 0 Å². The average Bonchev–Trinajstić information content (AvgIpc) is 2.72. The lowest BCUT2D eigenvalue weighted by atomic mass is 10.1. The number of carbonyl (C=O) groups is 2. The highest BCUT2D eigenvalue weighted by atomic mass is 32.1. The molecule has 0 saturated carbocycles. The lowest BCUT2D eigenvalue weighted by Gasteiger charge is -2.12. The summed E-state index contributed by atoms with van der Waals surface area (Å²) in [5, 5.41) is 2.47. The van der Waals surface area contributed by atoms with Crippen molar-refractivity contribution in [3.63, 3.8) is 0 Å². The Hall–Kier alpha value is -3.13. The largest absolute Gasteiger partial charge is 0.494 e. The van der Waals surface area contributed by atoms with E-state index in [2.05, 4.69) is 30.0 Å². The summed E-state index contributed by atoms with van der Waals surface area (Å²) in [6.45, 7) is 6.67. The van der Waals surface area contributed by atoms with Gasteiger partial charge in [-0.3, -0.25) is 25.8 Å². The molecule has 0 aromatic heterocycles. The molecule has 0 aliphatic rings. The summed E-state index contributed by atoms with van der Waals surface area (Å²) in [6, 6.07) is 14.1. The van der Waals surface area contributed by atoms with E-state index in [0.29, 0.717) is 29.6 Å². The van der Waals surface area contributed by atoms with Gasteiger partial charge in [-0.15, -0.1) is 0 Å². The highest BCUT2D eigenvalue weighted by Crippen LogP contribution is 2.13. The van der Waals surface area contributed by atoms with Gasteiger partial charge in [0.15, 0.2) is 11.7 Å². The van der Waals surface area contributed by atoms with Crippen LogP contribution < -0.4 is 25.6 Å². The van der Waals surface area contributed by atoms with Gasteiger partial charge in [0.2, 0.25) is 0 Å². The maximum absolute atomic E-state index is 12.2. The zero-order chi connectivity index (χ0) is 21.9. The third kappa shape index (κ3) is 8.48. The Morgan fingerprint density at radius 3 is 2.17 bits per heavy atom. The van der Waals surface area contributed by atoms with E-state index in [1.54, 1.807) is 36.4 Å². The van der Waals surface area contributed by atoms with E-state index in [1.165, 1.54) is 0 Å². The van der Waals surface area contributed by atoms with E-state index < -0.39 is 11.8 Å². The number of aryl methyl sites for hydroxylation is 1. The van der Waals surface area contributed by atoms with Crippen LogP contribution in [0.4, 0.5) is 0 Å². The van der Waals surface area contributed by atoms with Crippen molar-refractivity contribution in [1.29, 1.82) is 0 Å². The molecule has 0 radical (unpaired) electrons. The van der Waals surface area contributed by atoms with E-state index in [9.17, 15) is 9.59 Å². The average molecular weight is 430 g/mol. The molecule has 0 bridgehead atoms. The van der Waals surface area contributed by atoms with Crippen LogP contribution in [0.2, 0.25) is 0 Å². The summed E-state index contributed by atoms with van der Waals surface area (Å²) < 4.78 is 11.0. The first kappa shape index (κ1) is 23.2. The maximum Gasteiger partial charge on any atom is 0.276 e. The molecule has 0 heterocycles. The molecular formula is C22H27N3O4S. The van der Waals surface area contributed by atoms with Gasteiger partial charge in [-0.05, 0) is 67.9 Å². The van der Waals surface area contributed by atoms with E-state index in [1.807, 2.05) is 19.1 Å². The summed E-state index contributed by atoms with van der Waals surface area (Å²) in [7, 11) is 0. The second-order valence-electron chi connectivity index (χ2n) is 7.11. The third-order valence-corrected chi connectivity index (χ3v) is 4.22. The Morgan fingerprint density at radius 2 is 1.53 bits per heavy atom. The first-order valence-electron chi connectivity index (χ1n) is 9.66. The summed E-state index contributed by atoms with van der Waals surface area (Å²) in [4.78, 5) is 24.1. The number of rotatable bonds is 8. The van der Waals surface area contributed by atoms with Crippen LogP contribution in [-0.4, -0.2) is 30.1 Å². The first-order chi connectivity index (χ1) is 14.3. The van der Waals surface area contributed by atoms with Gasteiger partial charge in [-0.2, -0.15) is 0 Å². The molecule has 0 atom stereocenters. The van der Waals surface area contributed by atoms with Gasteiger partial charge in [0.05, 0.1) is 6.61 Å². The fraction of sp³-hybridized carbons (Fsp3) is 0.318. The number of hydrogen-bond donors (Lipinski definition) is 3. The maximum atomic E-state index is 12.2. The number of hydrogen-bond acceptors (Lipinski definition) is 5. The van der Waals surface area contributed by atoms with Crippen molar-refractivity contribution in [3.8, 4) is 11.5 Å². The van der Waals surface area contributed by atoms with Crippen molar-refractivity contribution in [3.05, 3.63) is 59.7 Å². The molecule has 2 amide bonds. The lowest BCUT2D eigenvalue weighted by molar-refractivity contribution is -0.123. The summed E-state index contributed by atoms with van der Waals surface area (Å²) in [5.41, 5.74) is 6.37. The number of nitrogens with one attached hydrogen (secondary N) is 3. The van der Waals surface area contributed by atoms with Crippen molar-refractivity contribution in [2.45, 2.75) is 27.2 Å². The minimum Gasteiger partial charge on any atom is -0.494 e. The van der Waals surface area contributed by atoms with Crippen LogP contribution in [0.25, 0.3) is 0 Å². The predicted molar refractivity (Wildman–Crippen MR) is 119 cm³/mol. The number of hydrazine groups is 1. The molecule has 0 unspecified atom stereocenters. The van der Waals surface area contributed by atoms with Gasteiger partial charge in [0, 0.05) is 5.56 Å². The summed E-state index contributed by atoms with van der Waals surface area (Å²) >= 11 is 5.02. The van der Waals surface area contributed by atoms with Gasteiger partial charge < -0.3 is 9.47 Å². The van der Waals surface area contributed by atoms with Crippen molar-refractivity contribution in [1.82, 2.24) is 16.2 Å². The normalized spacial score (nSPS) is 10.3. The SMILES string of the molecule is Cc1ccc(OCC(=O)NNC(=S)NC(=O)c2ccc(OCCC(C)C)cc2)cc1. The third-order valence-electron chi connectivity index (χ3n) is 4.01. The Morgan fingerprint density at radius 1 is 0.933 bits per heavy atom. The highest BCUT2D eigenvalue weighted by Gasteiger charge is 2.09. The quantitative estimate of drug-likeness (QED) is 0.441. The van der Waals surface area contributed by atoms with E-state index in [4.69, 9.17) is 21.7 Å². The second-order valence-corrected chi connectivity index (χ2v) is 7.52. The molecule has 0 aliphatic heterocycles. The molecule has 7 nitrogen and oxygen atoms in total. The first-order valence-corrected chi connectivity index (χ1v) is 10.1. The predicted octanol–water partition coefficient (Wildman–Crippen LogP) is 3.13. The fourth-order valence-corrected chi connectivity index (χ4v) is 2.41. The second kappa shape index (κ2) is 11.8. The summed E-state index contributed by atoms with van der Waals surface area (Å²) in [6.07, 6.45) is 0.962. The minimum absolute atomic E-state index is 0.0269.